The number of carbonyl (C=O) groups excluding carboxylic acids is 1. The van der Waals surface area contributed by atoms with E-state index in [1.165, 1.54) is 0 Å². The lowest BCUT2D eigenvalue weighted by molar-refractivity contribution is -0.110. The van der Waals surface area contributed by atoms with Crippen molar-refractivity contribution in [2.24, 2.45) is 0 Å². The van der Waals surface area contributed by atoms with Crippen LogP contribution in [0.4, 0.5) is 0 Å². The Labute approximate surface area is 78.4 Å². The lowest BCUT2D eigenvalue weighted by Gasteiger charge is -1.88. The Morgan fingerprint density at radius 2 is 1.85 bits per heavy atom. The third-order valence-electron chi connectivity index (χ3n) is 1.57. The normalized spacial score (nSPS) is 11.2. The highest BCUT2D eigenvalue weighted by Gasteiger charge is 1.87. The van der Waals surface area contributed by atoms with Crippen molar-refractivity contribution < 1.29 is 4.79 Å². The second-order valence-corrected chi connectivity index (χ2v) is 2.65. The number of benzene rings is 1. The van der Waals surface area contributed by atoms with Crippen molar-refractivity contribution in [3.63, 3.8) is 0 Å². The number of allylic oxidation sites excluding steroid dienone is 3. The zero-order valence-electron chi connectivity index (χ0n) is 7.60. The van der Waals surface area contributed by atoms with Gasteiger partial charge in [0.25, 0.3) is 0 Å². The maximum atomic E-state index is 11.0. The Morgan fingerprint density at radius 3 is 2.46 bits per heavy atom. The number of ketones is 1. The van der Waals surface area contributed by atoms with Crippen LogP contribution in [-0.4, -0.2) is 5.78 Å². The summed E-state index contributed by atoms with van der Waals surface area (Å²) in [6.45, 7) is 1.83. The van der Waals surface area contributed by atoms with Gasteiger partial charge in [-0.15, -0.1) is 0 Å². The van der Waals surface area contributed by atoms with E-state index in [-0.39, 0.29) is 5.78 Å². The van der Waals surface area contributed by atoms with Crippen LogP contribution in [0, 0.1) is 0 Å². The molecular formula is C12H12O. The second-order valence-electron chi connectivity index (χ2n) is 2.65. The molecule has 0 amide bonds. The Balaban J connectivity index is 2.64. The number of hydrogen-bond donors (Lipinski definition) is 0. The molecule has 0 heterocycles. The highest BCUT2D eigenvalue weighted by atomic mass is 16.1. The molecule has 1 aromatic carbocycles. The zero-order valence-corrected chi connectivity index (χ0v) is 7.60. The van der Waals surface area contributed by atoms with Crippen LogP contribution in [0.1, 0.15) is 12.5 Å². The largest absolute Gasteiger partial charge is 0.290 e. The van der Waals surface area contributed by atoms with Crippen LogP contribution in [0.15, 0.2) is 48.6 Å². The van der Waals surface area contributed by atoms with Gasteiger partial charge in [-0.1, -0.05) is 42.5 Å². The maximum absolute atomic E-state index is 11.0. The van der Waals surface area contributed by atoms with Crippen LogP contribution in [0.2, 0.25) is 0 Å². The molecule has 1 aromatic rings. The van der Waals surface area contributed by atoms with Crippen LogP contribution in [0.5, 0.6) is 0 Å². The van der Waals surface area contributed by atoms with Gasteiger partial charge in [-0.2, -0.15) is 0 Å². The monoisotopic (exact) mass is 172 g/mol. The Hall–Kier alpha value is -1.63. The standard InChI is InChI=1S/C12H12O/c1-2-6-12(13)10-9-11-7-4-3-5-8-11/h2-10H,1H3/b6-2+,10-9+. The molecule has 66 valence electrons. The summed E-state index contributed by atoms with van der Waals surface area (Å²) < 4.78 is 0. The Bertz CT molecular complexity index is 320. The minimum absolute atomic E-state index is 0.0198. The van der Waals surface area contributed by atoms with Gasteiger partial charge in [-0.3, -0.25) is 4.79 Å². The van der Waals surface area contributed by atoms with Crippen LogP contribution in [-0.2, 0) is 4.79 Å². The first-order valence-electron chi connectivity index (χ1n) is 4.22. The summed E-state index contributed by atoms with van der Waals surface area (Å²) in [6.07, 6.45) is 6.65. The van der Waals surface area contributed by atoms with Crippen LogP contribution in [0.25, 0.3) is 6.08 Å². The molecule has 0 fully saturated rings. The van der Waals surface area contributed by atoms with Crippen molar-refractivity contribution in [1.29, 1.82) is 0 Å². The average Bonchev–Trinajstić information content (AvgIpc) is 2.17. The van der Waals surface area contributed by atoms with Gasteiger partial charge in [0, 0.05) is 0 Å². The first-order valence-corrected chi connectivity index (χ1v) is 4.22. The molecule has 1 nitrogen and oxygen atoms in total. The van der Waals surface area contributed by atoms with E-state index in [1.54, 1.807) is 18.2 Å². The van der Waals surface area contributed by atoms with E-state index in [0.29, 0.717) is 0 Å². The van der Waals surface area contributed by atoms with Crippen molar-refractivity contribution >= 4 is 11.9 Å². The van der Waals surface area contributed by atoms with E-state index in [4.69, 9.17) is 0 Å². The third-order valence-corrected chi connectivity index (χ3v) is 1.57. The molecular weight excluding hydrogens is 160 g/mol. The molecule has 1 rings (SSSR count). The lowest BCUT2D eigenvalue weighted by atomic mass is 10.2. The average molecular weight is 172 g/mol. The second kappa shape index (κ2) is 5.09. The summed E-state index contributed by atoms with van der Waals surface area (Å²) in [5.41, 5.74) is 1.04. The highest BCUT2D eigenvalue weighted by Crippen LogP contribution is 2.00. The summed E-state index contributed by atoms with van der Waals surface area (Å²) in [7, 11) is 0. The highest BCUT2D eigenvalue weighted by molar-refractivity contribution is 6.01. The molecule has 0 N–H and O–H groups in total. The SMILES string of the molecule is C/C=C/C(=O)/C=C/c1ccccc1. The van der Waals surface area contributed by atoms with Gasteiger partial charge < -0.3 is 0 Å². The number of carbonyl (C=O) groups is 1. The van der Waals surface area contributed by atoms with Crippen molar-refractivity contribution in [2.75, 3.05) is 0 Å². The number of rotatable bonds is 3. The molecule has 0 bridgehead atoms. The van der Waals surface area contributed by atoms with Gasteiger partial charge in [0.05, 0.1) is 0 Å². The van der Waals surface area contributed by atoms with Crippen molar-refractivity contribution in [1.82, 2.24) is 0 Å². The molecule has 1 heteroatoms. The van der Waals surface area contributed by atoms with E-state index >= 15 is 0 Å². The maximum Gasteiger partial charge on any atom is 0.178 e. The molecule has 0 unspecified atom stereocenters. The molecule has 0 aliphatic rings. The predicted octanol–water partition coefficient (Wildman–Crippen LogP) is 2.85. The van der Waals surface area contributed by atoms with E-state index in [9.17, 15) is 4.79 Å². The smallest absolute Gasteiger partial charge is 0.178 e. The molecule has 0 aliphatic heterocycles. The van der Waals surface area contributed by atoms with Gasteiger partial charge in [0.15, 0.2) is 5.78 Å². The summed E-state index contributed by atoms with van der Waals surface area (Å²) in [5, 5.41) is 0. The first-order chi connectivity index (χ1) is 6.33. The summed E-state index contributed by atoms with van der Waals surface area (Å²) in [4.78, 5) is 11.0. The first kappa shape index (κ1) is 9.46. The quantitative estimate of drug-likeness (QED) is 0.641. The summed E-state index contributed by atoms with van der Waals surface area (Å²) >= 11 is 0. The van der Waals surface area contributed by atoms with Crippen LogP contribution in [0.3, 0.4) is 0 Å². The predicted molar refractivity (Wildman–Crippen MR) is 55.3 cm³/mol. The molecule has 0 spiro atoms. The molecule has 0 radical (unpaired) electrons. The van der Waals surface area contributed by atoms with Gasteiger partial charge in [0.2, 0.25) is 0 Å². The molecule has 13 heavy (non-hydrogen) atoms. The third kappa shape index (κ3) is 3.52. The van der Waals surface area contributed by atoms with Crippen molar-refractivity contribution in [2.45, 2.75) is 6.92 Å². The van der Waals surface area contributed by atoms with E-state index in [2.05, 4.69) is 0 Å². The Morgan fingerprint density at radius 1 is 1.15 bits per heavy atom. The number of hydrogen-bond acceptors (Lipinski definition) is 1. The molecule has 0 saturated heterocycles. The van der Waals surface area contributed by atoms with Gasteiger partial charge in [0.1, 0.15) is 0 Å². The van der Waals surface area contributed by atoms with Crippen molar-refractivity contribution in [3.8, 4) is 0 Å². The minimum atomic E-state index is 0.0198. The summed E-state index contributed by atoms with van der Waals surface area (Å²) in [6, 6.07) is 9.75. The Kier molecular flexibility index (Phi) is 3.71. The molecule has 0 saturated carbocycles. The minimum Gasteiger partial charge on any atom is -0.290 e. The fraction of sp³-hybridized carbons (Fsp3) is 0.0833. The van der Waals surface area contributed by atoms with Crippen LogP contribution >= 0.6 is 0 Å². The summed E-state index contributed by atoms with van der Waals surface area (Å²) in [5.74, 6) is 0.0198. The van der Waals surface area contributed by atoms with Gasteiger partial charge in [-0.05, 0) is 24.6 Å². The molecule has 0 atom stereocenters. The van der Waals surface area contributed by atoms with Gasteiger partial charge >= 0.3 is 0 Å². The van der Waals surface area contributed by atoms with E-state index in [1.807, 2.05) is 43.3 Å². The van der Waals surface area contributed by atoms with Crippen LogP contribution < -0.4 is 0 Å². The van der Waals surface area contributed by atoms with E-state index in [0.717, 1.165) is 5.56 Å². The van der Waals surface area contributed by atoms with Crippen molar-refractivity contribution in [3.05, 3.63) is 54.1 Å². The molecule has 0 aromatic heterocycles. The molecule has 0 aliphatic carbocycles. The van der Waals surface area contributed by atoms with Gasteiger partial charge in [-0.25, -0.2) is 0 Å². The fourth-order valence-electron chi connectivity index (χ4n) is 0.962. The fourth-order valence-corrected chi connectivity index (χ4v) is 0.962. The zero-order chi connectivity index (χ0) is 9.52. The lowest BCUT2D eigenvalue weighted by Crippen LogP contribution is -1.83. The topological polar surface area (TPSA) is 17.1 Å². The van der Waals surface area contributed by atoms with E-state index < -0.39 is 0 Å².